The summed E-state index contributed by atoms with van der Waals surface area (Å²) in [6.07, 6.45) is 12.4. The van der Waals surface area contributed by atoms with Gasteiger partial charge in [0.05, 0.1) is 22.3 Å². The molecule has 0 spiro atoms. The number of nitrogens with zero attached hydrogens (tertiary/aromatic N) is 3. The number of nitrogens with one attached hydrogen (secondary N) is 1. The topological polar surface area (TPSA) is 80.9 Å². The van der Waals surface area contributed by atoms with E-state index in [1.54, 1.807) is 24.5 Å². The summed E-state index contributed by atoms with van der Waals surface area (Å²) in [5.41, 5.74) is 3.17. The second kappa shape index (κ2) is 7.52. The predicted octanol–water partition coefficient (Wildman–Crippen LogP) is 4.41. The van der Waals surface area contributed by atoms with Gasteiger partial charge in [-0.1, -0.05) is 19.1 Å². The van der Waals surface area contributed by atoms with Crippen molar-refractivity contribution in [2.24, 2.45) is 5.92 Å². The Morgan fingerprint density at radius 3 is 2.82 bits per heavy atom. The molecule has 1 N–H and O–H groups in total. The summed E-state index contributed by atoms with van der Waals surface area (Å²) in [6, 6.07) is 2.14. The van der Waals surface area contributed by atoms with Crippen molar-refractivity contribution in [1.29, 1.82) is 0 Å². The first kappa shape index (κ1) is 18.3. The fourth-order valence-corrected chi connectivity index (χ4v) is 4.66. The summed E-state index contributed by atoms with van der Waals surface area (Å²) in [7, 11) is 0. The fraction of sp³-hybridized carbons (Fsp3) is 0.238. The van der Waals surface area contributed by atoms with E-state index >= 15 is 0 Å². The van der Waals surface area contributed by atoms with Gasteiger partial charge in [0.2, 0.25) is 0 Å². The molecule has 0 bridgehead atoms. The van der Waals surface area contributed by atoms with Gasteiger partial charge in [-0.3, -0.25) is 4.79 Å². The summed E-state index contributed by atoms with van der Waals surface area (Å²) in [4.78, 5) is 26.9. The van der Waals surface area contributed by atoms with E-state index < -0.39 is 0 Å². The lowest BCUT2D eigenvalue weighted by molar-refractivity contribution is 0.0965. The molecule has 0 saturated carbocycles. The monoisotopic (exact) mass is 392 g/mol. The van der Waals surface area contributed by atoms with Crippen LogP contribution in [0.5, 0.6) is 0 Å². The lowest BCUT2D eigenvalue weighted by Crippen LogP contribution is -2.25. The number of hydrogen-bond donors (Lipinski definition) is 1. The standard InChI is InChI=1S/C21H20N4O2S/c1-12-6-15(25-21(26)17-8-22-10-24-14(17)3)4-5-16(12)20-13(2)7-19(28-20)18-9-23-11-27-18/h4-12,16H,1-3H3,(H,25,26). The minimum absolute atomic E-state index is 0.195. The van der Waals surface area contributed by atoms with Crippen LogP contribution in [0.2, 0.25) is 0 Å². The zero-order valence-corrected chi connectivity index (χ0v) is 16.7. The highest BCUT2D eigenvalue weighted by Gasteiger charge is 2.24. The van der Waals surface area contributed by atoms with E-state index in [0.29, 0.717) is 11.3 Å². The van der Waals surface area contributed by atoms with E-state index in [1.807, 2.05) is 6.08 Å². The van der Waals surface area contributed by atoms with E-state index in [9.17, 15) is 4.79 Å². The molecular formula is C21H20N4O2S. The molecule has 1 aliphatic rings. The van der Waals surface area contributed by atoms with Gasteiger partial charge >= 0.3 is 0 Å². The van der Waals surface area contributed by atoms with Crippen molar-refractivity contribution in [1.82, 2.24) is 20.3 Å². The zero-order chi connectivity index (χ0) is 19.7. The molecule has 3 heterocycles. The van der Waals surface area contributed by atoms with Gasteiger partial charge < -0.3 is 9.73 Å². The second-order valence-electron chi connectivity index (χ2n) is 6.87. The van der Waals surface area contributed by atoms with Gasteiger partial charge in [-0.15, -0.1) is 11.3 Å². The third kappa shape index (κ3) is 3.53. The van der Waals surface area contributed by atoms with Crippen LogP contribution in [0.1, 0.15) is 39.3 Å². The molecule has 0 aromatic carbocycles. The number of thiophene rings is 1. The minimum Gasteiger partial charge on any atom is -0.443 e. The average molecular weight is 392 g/mol. The number of oxazole rings is 1. The van der Waals surface area contributed by atoms with Crippen LogP contribution in [0.25, 0.3) is 10.6 Å². The van der Waals surface area contributed by atoms with Gasteiger partial charge in [0.15, 0.2) is 12.2 Å². The molecule has 4 rings (SSSR count). The van der Waals surface area contributed by atoms with E-state index in [1.165, 1.54) is 29.4 Å². The Balaban J connectivity index is 1.51. The summed E-state index contributed by atoms with van der Waals surface area (Å²) < 4.78 is 5.43. The zero-order valence-electron chi connectivity index (χ0n) is 15.8. The number of hydrogen-bond acceptors (Lipinski definition) is 6. The van der Waals surface area contributed by atoms with Crippen molar-refractivity contribution < 1.29 is 9.21 Å². The maximum atomic E-state index is 12.5. The molecule has 0 fully saturated rings. The third-order valence-electron chi connectivity index (χ3n) is 4.84. The number of amides is 1. The molecule has 1 aliphatic carbocycles. The summed E-state index contributed by atoms with van der Waals surface area (Å²) in [6.45, 7) is 6.07. The van der Waals surface area contributed by atoms with Gasteiger partial charge in [-0.2, -0.15) is 0 Å². The van der Waals surface area contributed by atoms with Gasteiger partial charge in [0.1, 0.15) is 6.33 Å². The first-order chi connectivity index (χ1) is 13.5. The number of carbonyl (C=O) groups excluding carboxylic acids is 1. The van der Waals surface area contributed by atoms with E-state index in [4.69, 9.17) is 4.42 Å². The quantitative estimate of drug-likeness (QED) is 0.711. The molecule has 0 saturated heterocycles. The number of carbonyl (C=O) groups is 1. The molecule has 0 aliphatic heterocycles. The Morgan fingerprint density at radius 1 is 1.25 bits per heavy atom. The normalized spacial score (nSPS) is 18.8. The summed E-state index contributed by atoms with van der Waals surface area (Å²) in [5.74, 6) is 1.09. The van der Waals surface area contributed by atoms with E-state index in [0.717, 1.165) is 16.3 Å². The van der Waals surface area contributed by atoms with E-state index in [-0.39, 0.29) is 17.7 Å². The molecule has 142 valence electrons. The lowest BCUT2D eigenvalue weighted by atomic mass is 9.86. The molecule has 1 amide bonds. The smallest absolute Gasteiger partial charge is 0.259 e. The highest BCUT2D eigenvalue weighted by Crippen LogP contribution is 2.41. The Morgan fingerprint density at radius 2 is 2.11 bits per heavy atom. The number of aromatic nitrogens is 3. The van der Waals surface area contributed by atoms with Crippen LogP contribution in [-0.2, 0) is 0 Å². The SMILES string of the molecule is Cc1cc(-c2cnco2)sc1C1C=CC(NC(=O)c2cncnc2C)=CC1C. The Kier molecular flexibility index (Phi) is 4.92. The second-order valence-corrected chi connectivity index (χ2v) is 7.95. The minimum atomic E-state index is -0.195. The number of allylic oxidation sites excluding steroid dienone is 3. The van der Waals surface area contributed by atoms with Crippen molar-refractivity contribution in [2.75, 3.05) is 0 Å². The fourth-order valence-electron chi connectivity index (χ4n) is 3.33. The molecule has 3 aromatic rings. The molecule has 6 nitrogen and oxygen atoms in total. The summed E-state index contributed by atoms with van der Waals surface area (Å²) >= 11 is 1.72. The third-order valence-corrected chi connectivity index (χ3v) is 6.19. The first-order valence-corrected chi connectivity index (χ1v) is 9.81. The van der Waals surface area contributed by atoms with Crippen LogP contribution >= 0.6 is 11.3 Å². The first-order valence-electron chi connectivity index (χ1n) is 9.00. The van der Waals surface area contributed by atoms with Crippen molar-refractivity contribution in [3.8, 4) is 10.6 Å². The Hall–Kier alpha value is -3.06. The predicted molar refractivity (Wildman–Crippen MR) is 108 cm³/mol. The van der Waals surface area contributed by atoms with Gasteiger partial charge in [-0.05, 0) is 37.5 Å². The van der Waals surface area contributed by atoms with Crippen LogP contribution in [0.4, 0.5) is 0 Å². The van der Waals surface area contributed by atoms with Crippen molar-refractivity contribution in [3.63, 3.8) is 0 Å². The van der Waals surface area contributed by atoms with Crippen LogP contribution in [0.3, 0.4) is 0 Å². The van der Waals surface area contributed by atoms with Gasteiger partial charge in [0, 0.05) is 22.7 Å². The highest BCUT2D eigenvalue weighted by molar-refractivity contribution is 7.15. The largest absolute Gasteiger partial charge is 0.443 e. The van der Waals surface area contributed by atoms with Gasteiger partial charge in [0.25, 0.3) is 5.91 Å². The lowest BCUT2D eigenvalue weighted by Gasteiger charge is -2.23. The molecule has 2 unspecified atom stereocenters. The van der Waals surface area contributed by atoms with Crippen molar-refractivity contribution >= 4 is 17.2 Å². The molecule has 3 aromatic heterocycles. The van der Waals surface area contributed by atoms with Crippen molar-refractivity contribution in [3.05, 3.63) is 76.8 Å². The highest BCUT2D eigenvalue weighted by atomic mass is 32.1. The Bertz CT molecular complexity index is 1070. The average Bonchev–Trinajstić information content (AvgIpc) is 3.32. The van der Waals surface area contributed by atoms with Crippen LogP contribution < -0.4 is 5.32 Å². The number of aryl methyl sites for hydroxylation is 2. The van der Waals surface area contributed by atoms with E-state index in [2.05, 4.69) is 52.3 Å². The molecule has 28 heavy (non-hydrogen) atoms. The van der Waals surface area contributed by atoms with Gasteiger partial charge in [-0.25, -0.2) is 15.0 Å². The maximum absolute atomic E-state index is 12.5. The molecular weight excluding hydrogens is 372 g/mol. The molecule has 7 heteroatoms. The number of rotatable bonds is 4. The van der Waals surface area contributed by atoms with Crippen LogP contribution in [-0.4, -0.2) is 20.9 Å². The van der Waals surface area contributed by atoms with Crippen molar-refractivity contribution in [2.45, 2.75) is 26.7 Å². The molecule has 2 atom stereocenters. The van der Waals surface area contributed by atoms with Crippen LogP contribution in [0.15, 0.2) is 59.5 Å². The summed E-state index contributed by atoms with van der Waals surface area (Å²) in [5, 5.41) is 2.96. The molecule has 0 radical (unpaired) electrons. The maximum Gasteiger partial charge on any atom is 0.259 e. The Labute approximate surface area is 167 Å². The van der Waals surface area contributed by atoms with Crippen LogP contribution in [0, 0.1) is 19.8 Å².